The average molecular weight is 521 g/mol. The van der Waals surface area contributed by atoms with Crippen LogP contribution in [0.4, 0.5) is 15.6 Å². The lowest BCUT2D eigenvalue weighted by Gasteiger charge is -2.37. The van der Waals surface area contributed by atoms with Crippen molar-refractivity contribution in [2.24, 2.45) is 5.41 Å². The first-order valence-corrected chi connectivity index (χ1v) is 13.5. The van der Waals surface area contributed by atoms with Crippen molar-refractivity contribution < 1.29 is 14.3 Å². The summed E-state index contributed by atoms with van der Waals surface area (Å²) in [6.45, 7) is 12.3. The number of carbonyl (C=O) groups is 2. The predicted octanol–water partition coefficient (Wildman–Crippen LogP) is 6.00. The Labute approximate surface area is 223 Å². The van der Waals surface area contributed by atoms with E-state index < -0.39 is 11.0 Å². The number of carbonyl (C=O) groups excluding carboxylic acids is 2. The molecule has 0 radical (unpaired) electrons. The third kappa shape index (κ3) is 6.49. The fourth-order valence-corrected chi connectivity index (χ4v) is 5.22. The lowest BCUT2D eigenvalue weighted by Crippen LogP contribution is -2.50. The van der Waals surface area contributed by atoms with Crippen molar-refractivity contribution in [2.75, 3.05) is 36.4 Å². The zero-order chi connectivity index (χ0) is 26.6. The van der Waals surface area contributed by atoms with Gasteiger partial charge in [0.2, 0.25) is 5.91 Å². The molecule has 37 heavy (non-hydrogen) atoms. The van der Waals surface area contributed by atoms with Crippen LogP contribution in [0.5, 0.6) is 0 Å². The van der Waals surface area contributed by atoms with Gasteiger partial charge in [0.15, 0.2) is 5.13 Å². The maximum atomic E-state index is 13.4. The lowest BCUT2D eigenvalue weighted by atomic mass is 9.70. The monoisotopic (exact) mass is 520 g/mol. The molecule has 8 heteroatoms. The molecule has 2 heterocycles. The van der Waals surface area contributed by atoms with Crippen molar-refractivity contribution in [1.82, 2.24) is 9.88 Å². The van der Waals surface area contributed by atoms with Crippen molar-refractivity contribution in [1.29, 1.82) is 0 Å². The number of amides is 2. The Bertz CT molecular complexity index is 1180. The second-order valence-electron chi connectivity index (χ2n) is 10.9. The van der Waals surface area contributed by atoms with Crippen LogP contribution < -0.4 is 10.2 Å². The van der Waals surface area contributed by atoms with Crippen molar-refractivity contribution in [3.05, 3.63) is 77.3 Å². The molecule has 0 saturated carbocycles. The fraction of sp³-hybridized carbons (Fsp3) is 0.414. The number of benzene rings is 2. The number of thiazole rings is 1. The zero-order valence-corrected chi connectivity index (χ0v) is 23.0. The molecule has 1 aliphatic heterocycles. The fourth-order valence-electron chi connectivity index (χ4n) is 4.70. The third-order valence-corrected chi connectivity index (χ3v) is 7.30. The maximum Gasteiger partial charge on any atom is 0.410 e. The summed E-state index contributed by atoms with van der Waals surface area (Å²) in [5.74, 6) is -0.217. The number of hydrogen-bond donors (Lipinski definition) is 1. The van der Waals surface area contributed by atoms with E-state index in [9.17, 15) is 9.59 Å². The van der Waals surface area contributed by atoms with Crippen LogP contribution >= 0.6 is 11.3 Å². The van der Waals surface area contributed by atoms with E-state index in [2.05, 4.69) is 51.6 Å². The first-order valence-electron chi connectivity index (χ1n) is 12.6. The van der Waals surface area contributed by atoms with Crippen LogP contribution in [0.3, 0.4) is 0 Å². The molecule has 1 aromatic heterocycles. The maximum absolute atomic E-state index is 13.4. The van der Waals surface area contributed by atoms with Crippen LogP contribution in [0.25, 0.3) is 0 Å². The van der Waals surface area contributed by atoms with E-state index in [0.717, 1.165) is 29.9 Å². The van der Waals surface area contributed by atoms with E-state index in [0.29, 0.717) is 18.2 Å². The minimum atomic E-state index is -0.729. The smallest absolute Gasteiger partial charge is 0.410 e. The summed E-state index contributed by atoms with van der Waals surface area (Å²) in [4.78, 5) is 34.1. The van der Waals surface area contributed by atoms with Crippen molar-refractivity contribution in [3.8, 4) is 0 Å². The largest absolute Gasteiger partial charge is 0.444 e. The highest BCUT2D eigenvalue weighted by atomic mass is 32.1. The zero-order valence-electron chi connectivity index (χ0n) is 22.2. The van der Waals surface area contributed by atoms with Crippen LogP contribution in [0.1, 0.15) is 51.7 Å². The molecular formula is C29H36N4O3S. The molecular weight excluding hydrogens is 484 g/mol. The Morgan fingerprint density at radius 1 is 0.919 bits per heavy atom. The summed E-state index contributed by atoms with van der Waals surface area (Å²) in [7, 11) is 0. The Morgan fingerprint density at radius 2 is 1.54 bits per heavy atom. The Hall–Kier alpha value is -3.39. The topological polar surface area (TPSA) is 74.8 Å². The lowest BCUT2D eigenvalue weighted by molar-refractivity contribution is -0.124. The molecule has 1 atom stereocenters. The van der Waals surface area contributed by atoms with Gasteiger partial charge in [-0.3, -0.25) is 4.79 Å². The first kappa shape index (κ1) is 26.7. The number of ether oxygens (including phenoxy) is 1. The molecule has 1 unspecified atom stereocenters. The summed E-state index contributed by atoms with van der Waals surface area (Å²) in [5, 5.41) is 5.44. The molecule has 7 nitrogen and oxygen atoms in total. The van der Waals surface area contributed by atoms with Crippen LogP contribution in [-0.4, -0.2) is 53.7 Å². The molecule has 3 aromatic rings. The molecule has 196 valence electrons. The highest BCUT2D eigenvalue weighted by Crippen LogP contribution is 2.42. The Balaban J connectivity index is 1.51. The van der Waals surface area contributed by atoms with Crippen molar-refractivity contribution >= 4 is 34.2 Å². The van der Waals surface area contributed by atoms with Crippen molar-refractivity contribution in [2.45, 2.75) is 46.1 Å². The van der Waals surface area contributed by atoms with E-state index in [1.807, 2.05) is 58.2 Å². The highest BCUT2D eigenvalue weighted by Gasteiger charge is 2.39. The number of piperazine rings is 1. The summed E-state index contributed by atoms with van der Waals surface area (Å²) >= 11 is 1.41. The summed E-state index contributed by atoms with van der Waals surface area (Å²) in [6, 6.07) is 18.6. The summed E-state index contributed by atoms with van der Waals surface area (Å²) in [6.07, 6.45) is 1.43. The number of nitrogens with zero attached hydrogens (tertiary/aromatic N) is 3. The predicted molar refractivity (Wildman–Crippen MR) is 149 cm³/mol. The van der Waals surface area contributed by atoms with Gasteiger partial charge in [-0.2, -0.15) is 0 Å². The van der Waals surface area contributed by atoms with E-state index in [1.165, 1.54) is 11.3 Å². The SMILES string of the molecule is CC(C)(C)OC(=O)N1CCN(c2ccc(C(c3ccccc3)C(C)(C)C(=O)Nc3nccs3)cc2)CC1. The average Bonchev–Trinajstić information content (AvgIpc) is 3.37. The van der Waals surface area contributed by atoms with Crippen LogP contribution in [0.2, 0.25) is 0 Å². The Morgan fingerprint density at radius 3 is 2.11 bits per heavy atom. The molecule has 4 rings (SSSR count). The highest BCUT2D eigenvalue weighted by molar-refractivity contribution is 7.13. The van der Waals surface area contributed by atoms with Gasteiger partial charge < -0.3 is 19.9 Å². The van der Waals surface area contributed by atoms with E-state index >= 15 is 0 Å². The van der Waals surface area contributed by atoms with Gasteiger partial charge in [-0.15, -0.1) is 11.3 Å². The minimum absolute atomic E-state index is 0.0707. The van der Waals surface area contributed by atoms with Gasteiger partial charge >= 0.3 is 6.09 Å². The number of anilines is 2. The molecule has 1 N–H and O–H groups in total. The summed E-state index contributed by atoms with van der Waals surface area (Å²) in [5.41, 5.74) is 2.03. The normalized spacial score (nSPS) is 15.3. The van der Waals surface area contributed by atoms with Crippen LogP contribution in [0.15, 0.2) is 66.2 Å². The van der Waals surface area contributed by atoms with Crippen LogP contribution in [0, 0.1) is 5.41 Å². The molecule has 1 saturated heterocycles. The number of aromatic nitrogens is 1. The first-order chi connectivity index (χ1) is 17.5. The standard InChI is InChI=1S/C29H36N4O3S/c1-28(2,3)36-27(35)33-18-16-32(17-19-33)23-13-11-22(12-14-23)24(21-9-7-6-8-10-21)29(4,5)25(34)31-26-30-15-20-37-26/h6-15,20,24H,16-19H2,1-5H3,(H,30,31,34). The Kier molecular flexibility index (Phi) is 7.87. The van der Waals surface area contributed by atoms with Gasteiger partial charge in [0.1, 0.15) is 5.60 Å². The van der Waals surface area contributed by atoms with Gasteiger partial charge in [0.25, 0.3) is 0 Å². The number of hydrogen-bond acceptors (Lipinski definition) is 6. The van der Waals surface area contributed by atoms with Gasteiger partial charge in [-0.1, -0.05) is 56.3 Å². The minimum Gasteiger partial charge on any atom is -0.444 e. The van der Waals surface area contributed by atoms with E-state index in [-0.39, 0.29) is 17.9 Å². The quantitative estimate of drug-likeness (QED) is 0.432. The molecule has 1 aliphatic rings. The second kappa shape index (κ2) is 10.9. The van der Waals surface area contributed by atoms with Crippen molar-refractivity contribution in [3.63, 3.8) is 0 Å². The van der Waals surface area contributed by atoms with E-state index in [4.69, 9.17) is 4.74 Å². The van der Waals surface area contributed by atoms with Gasteiger partial charge in [-0.05, 0) is 44.0 Å². The van der Waals surface area contributed by atoms with Gasteiger partial charge in [0.05, 0.1) is 5.41 Å². The molecule has 0 aliphatic carbocycles. The second-order valence-corrected chi connectivity index (χ2v) is 11.8. The van der Waals surface area contributed by atoms with Gasteiger partial charge in [-0.25, -0.2) is 9.78 Å². The molecule has 0 spiro atoms. The molecule has 2 aromatic carbocycles. The molecule has 0 bridgehead atoms. The number of nitrogens with one attached hydrogen (secondary N) is 1. The van der Waals surface area contributed by atoms with Gasteiger partial charge in [0, 0.05) is 49.4 Å². The molecule has 1 fully saturated rings. The van der Waals surface area contributed by atoms with Crippen LogP contribution in [-0.2, 0) is 9.53 Å². The summed E-state index contributed by atoms with van der Waals surface area (Å²) < 4.78 is 5.52. The third-order valence-electron chi connectivity index (χ3n) is 6.62. The number of rotatable bonds is 6. The molecule has 2 amide bonds. The van der Waals surface area contributed by atoms with E-state index in [1.54, 1.807) is 11.1 Å².